The zero-order chi connectivity index (χ0) is 18.2. The molecule has 0 bridgehead atoms. The highest BCUT2D eigenvalue weighted by Gasteiger charge is 2.18. The largest absolute Gasteiger partial charge is 0.444 e. The fourth-order valence-electron chi connectivity index (χ4n) is 1.84. The van der Waals surface area contributed by atoms with Crippen LogP contribution in [0, 0.1) is 17.7 Å². The molecular formula is C18H25FN2O3. The van der Waals surface area contributed by atoms with Gasteiger partial charge in [-0.1, -0.05) is 24.8 Å². The molecule has 0 unspecified atom stereocenters. The maximum Gasteiger partial charge on any atom is 0.408 e. The molecule has 0 spiro atoms. The number of carbonyl (C=O) groups excluding carboxylic acids is 1. The Morgan fingerprint density at radius 3 is 2.71 bits per heavy atom. The van der Waals surface area contributed by atoms with Gasteiger partial charge in [0.25, 0.3) is 0 Å². The van der Waals surface area contributed by atoms with E-state index in [4.69, 9.17) is 9.84 Å². The Labute approximate surface area is 142 Å². The molecule has 0 saturated heterocycles. The van der Waals surface area contributed by atoms with Crippen LogP contribution in [-0.4, -0.2) is 36.0 Å². The zero-order valence-electron chi connectivity index (χ0n) is 14.6. The molecule has 3 N–H and O–H groups in total. The predicted octanol–water partition coefficient (Wildman–Crippen LogP) is 2.88. The summed E-state index contributed by atoms with van der Waals surface area (Å²) in [5, 5.41) is 14.5. The summed E-state index contributed by atoms with van der Waals surface area (Å²) >= 11 is 0. The molecule has 24 heavy (non-hydrogen) atoms. The van der Waals surface area contributed by atoms with E-state index in [1.807, 2.05) is 6.92 Å². The number of ether oxygens (including phenoxy) is 1. The minimum atomic E-state index is -0.595. The molecule has 0 aromatic heterocycles. The van der Waals surface area contributed by atoms with Gasteiger partial charge in [-0.2, -0.15) is 0 Å². The Hall–Kier alpha value is -2.26. The summed E-state index contributed by atoms with van der Waals surface area (Å²) in [6.45, 7) is 7.42. The Balaban J connectivity index is 2.89. The summed E-state index contributed by atoms with van der Waals surface area (Å²) < 4.78 is 19.2. The SMILES string of the molecule is CC[C@H](C#Cc1c(F)cccc1NCCO)NC(=O)OC(C)(C)C. The van der Waals surface area contributed by atoms with Gasteiger partial charge in [-0.3, -0.25) is 0 Å². The molecule has 1 atom stereocenters. The predicted molar refractivity (Wildman–Crippen MR) is 92.3 cm³/mol. The van der Waals surface area contributed by atoms with E-state index in [0.717, 1.165) is 0 Å². The van der Waals surface area contributed by atoms with Crippen LogP contribution >= 0.6 is 0 Å². The van der Waals surface area contributed by atoms with Crippen LogP contribution in [-0.2, 0) is 4.74 Å². The molecule has 1 rings (SSSR count). The van der Waals surface area contributed by atoms with Crippen molar-refractivity contribution in [2.75, 3.05) is 18.5 Å². The average Bonchev–Trinajstić information content (AvgIpc) is 2.48. The molecule has 1 aromatic carbocycles. The van der Waals surface area contributed by atoms with Crippen molar-refractivity contribution in [2.24, 2.45) is 0 Å². The molecule has 0 saturated carbocycles. The highest BCUT2D eigenvalue weighted by Crippen LogP contribution is 2.17. The van der Waals surface area contributed by atoms with Gasteiger partial charge in [-0.15, -0.1) is 0 Å². The summed E-state index contributed by atoms with van der Waals surface area (Å²) in [7, 11) is 0. The summed E-state index contributed by atoms with van der Waals surface area (Å²) in [4.78, 5) is 11.8. The number of rotatable bonds is 5. The van der Waals surface area contributed by atoms with E-state index in [2.05, 4.69) is 22.5 Å². The first kappa shape index (κ1) is 19.8. The number of amides is 1. The number of alkyl carbamates (subject to hydrolysis) is 1. The maximum atomic E-state index is 14.0. The number of benzene rings is 1. The van der Waals surface area contributed by atoms with Crippen molar-refractivity contribution in [3.63, 3.8) is 0 Å². The molecule has 0 radical (unpaired) electrons. The molecular weight excluding hydrogens is 311 g/mol. The second-order valence-electron chi connectivity index (χ2n) is 6.19. The summed E-state index contributed by atoms with van der Waals surface area (Å²) in [6, 6.07) is 4.11. The van der Waals surface area contributed by atoms with Crippen molar-refractivity contribution in [2.45, 2.75) is 45.8 Å². The van der Waals surface area contributed by atoms with Crippen LogP contribution in [0.3, 0.4) is 0 Å². The Morgan fingerprint density at radius 2 is 2.12 bits per heavy atom. The lowest BCUT2D eigenvalue weighted by Gasteiger charge is -2.21. The number of nitrogens with one attached hydrogen (secondary N) is 2. The van der Waals surface area contributed by atoms with E-state index in [9.17, 15) is 9.18 Å². The van der Waals surface area contributed by atoms with Gasteiger partial charge in [-0.05, 0) is 39.3 Å². The lowest BCUT2D eigenvalue weighted by atomic mass is 10.1. The van der Waals surface area contributed by atoms with Crippen molar-refractivity contribution >= 4 is 11.8 Å². The number of aliphatic hydroxyl groups is 1. The molecule has 5 nitrogen and oxygen atoms in total. The van der Waals surface area contributed by atoms with Crippen molar-refractivity contribution < 1.29 is 19.0 Å². The Morgan fingerprint density at radius 1 is 1.42 bits per heavy atom. The minimum Gasteiger partial charge on any atom is -0.444 e. The molecule has 1 amide bonds. The van der Waals surface area contributed by atoms with E-state index in [1.54, 1.807) is 32.9 Å². The zero-order valence-corrected chi connectivity index (χ0v) is 14.6. The average molecular weight is 336 g/mol. The summed E-state index contributed by atoms with van der Waals surface area (Å²) in [5.74, 6) is 5.17. The van der Waals surface area contributed by atoms with Crippen LogP contribution in [0.4, 0.5) is 14.9 Å². The highest BCUT2D eigenvalue weighted by molar-refractivity contribution is 5.69. The molecule has 0 aliphatic rings. The first-order valence-electron chi connectivity index (χ1n) is 7.91. The minimum absolute atomic E-state index is 0.0683. The van der Waals surface area contributed by atoms with E-state index in [1.165, 1.54) is 6.07 Å². The second-order valence-corrected chi connectivity index (χ2v) is 6.19. The van der Waals surface area contributed by atoms with E-state index < -0.39 is 23.6 Å². The van der Waals surface area contributed by atoms with Crippen molar-refractivity contribution in [3.8, 4) is 11.8 Å². The van der Waals surface area contributed by atoms with E-state index in [-0.39, 0.29) is 12.2 Å². The van der Waals surface area contributed by atoms with Crippen LogP contribution in [0.15, 0.2) is 18.2 Å². The van der Waals surface area contributed by atoms with E-state index in [0.29, 0.717) is 18.7 Å². The fourth-order valence-corrected chi connectivity index (χ4v) is 1.84. The van der Waals surface area contributed by atoms with Gasteiger partial charge in [-0.25, -0.2) is 9.18 Å². The quantitative estimate of drug-likeness (QED) is 0.723. The van der Waals surface area contributed by atoms with Crippen molar-refractivity contribution in [1.29, 1.82) is 0 Å². The Kier molecular flexibility index (Phi) is 7.53. The monoisotopic (exact) mass is 336 g/mol. The Bertz CT molecular complexity index is 615. The number of carbonyl (C=O) groups is 1. The third kappa shape index (κ3) is 6.88. The van der Waals surface area contributed by atoms with Gasteiger partial charge in [0.1, 0.15) is 11.4 Å². The third-order valence-corrected chi connectivity index (χ3v) is 2.91. The first-order valence-corrected chi connectivity index (χ1v) is 7.91. The smallest absolute Gasteiger partial charge is 0.408 e. The molecule has 1 aromatic rings. The molecule has 0 aliphatic heterocycles. The van der Waals surface area contributed by atoms with E-state index >= 15 is 0 Å². The van der Waals surface area contributed by atoms with Crippen LogP contribution < -0.4 is 10.6 Å². The molecule has 132 valence electrons. The molecule has 0 fully saturated rings. The van der Waals surface area contributed by atoms with Gasteiger partial charge in [0.15, 0.2) is 0 Å². The van der Waals surface area contributed by atoms with Gasteiger partial charge in [0.2, 0.25) is 0 Å². The van der Waals surface area contributed by atoms with Crippen molar-refractivity contribution in [3.05, 3.63) is 29.6 Å². The van der Waals surface area contributed by atoms with Gasteiger partial charge >= 0.3 is 6.09 Å². The third-order valence-electron chi connectivity index (χ3n) is 2.91. The lowest BCUT2D eigenvalue weighted by Crippen LogP contribution is -2.38. The van der Waals surface area contributed by atoms with Gasteiger partial charge < -0.3 is 20.5 Å². The standard InChI is InChI=1S/C18H25FN2O3/c1-5-13(21-17(23)24-18(2,3)4)9-10-14-15(19)7-6-8-16(14)20-11-12-22/h6-8,13,20,22H,5,11-12H2,1-4H3,(H,21,23)/t13-/m1/s1. The second kappa shape index (κ2) is 9.14. The first-order chi connectivity index (χ1) is 11.3. The highest BCUT2D eigenvalue weighted by atomic mass is 19.1. The number of hydrogen-bond donors (Lipinski definition) is 3. The van der Waals surface area contributed by atoms with Crippen molar-refractivity contribution in [1.82, 2.24) is 5.32 Å². The summed E-state index contributed by atoms with van der Waals surface area (Å²) in [6.07, 6.45) is -0.00378. The van der Waals surface area contributed by atoms with Gasteiger partial charge in [0, 0.05) is 6.54 Å². The molecule has 0 aliphatic carbocycles. The van der Waals surface area contributed by atoms with Crippen LogP contribution in [0.5, 0.6) is 0 Å². The molecule has 0 heterocycles. The lowest BCUT2D eigenvalue weighted by molar-refractivity contribution is 0.0515. The number of hydrogen-bond acceptors (Lipinski definition) is 4. The maximum absolute atomic E-state index is 14.0. The topological polar surface area (TPSA) is 70.6 Å². The molecule has 6 heteroatoms. The summed E-state index contributed by atoms with van der Waals surface area (Å²) in [5.41, 5.74) is 0.113. The normalized spacial score (nSPS) is 11.9. The number of aliphatic hydroxyl groups excluding tert-OH is 1. The number of halogens is 1. The van der Waals surface area contributed by atoms with Crippen LogP contribution in [0.1, 0.15) is 39.7 Å². The fraction of sp³-hybridized carbons (Fsp3) is 0.500. The van der Waals surface area contributed by atoms with Crippen LogP contribution in [0.25, 0.3) is 0 Å². The van der Waals surface area contributed by atoms with Gasteiger partial charge in [0.05, 0.1) is 23.9 Å². The van der Waals surface area contributed by atoms with Crippen LogP contribution in [0.2, 0.25) is 0 Å². The number of anilines is 1.